The molecule has 1 atom stereocenters. The summed E-state index contributed by atoms with van der Waals surface area (Å²) in [7, 11) is 0. The summed E-state index contributed by atoms with van der Waals surface area (Å²) in [5.41, 5.74) is 0. The van der Waals surface area contributed by atoms with Crippen molar-refractivity contribution >= 4 is 27.9 Å². The molecule has 1 N–H and O–H groups in total. The summed E-state index contributed by atoms with van der Waals surface area (Å²) < 4.78 is 3.22. The van der Waals surface area contributed by atoms with Gasteiger partial charge in [0.25, 0.3) is 0 Å². The molecule has 0 radical (unpaired) electrons. The SMILES string of the molecule is BrC1CCCSN1. The molecule has 0 amide bonds. The first kappa shape index (κ1) is 5.92. The van der Waals surface area contributed by atoms with Crippen LogP contribution in [0.5, 0.6) is 0 Å². The highest BCUT2D eigenvalue weighted by Gasteiger charge is 2.06. The minimum atomic E-state index is 0.561. The minimum Gasteiger partial charge on any atom is -0.251 e. The molecule has 1 rings (SSSR count). The normalized spacial score (nSPS) is 33.0. The zero-order valence-corrected chi connectivity index (χ0v) is 6.39. The van der Waals surface area contributed by atoms with Crippen LogP contribution in [0, 0.1) is 0 Å². The van der Waals surface area contributed by atoms with Crippen molar-refractivity contribution < 1.29 is 0 Å². The second kappa shape index (κ2) is 2.95. The molecule has 1 saturated heterocycles. The van der Waals surface area contributed by atoms with E-state index in [4.69, 9.17) is 0 Å². The van der Waals surface area contributed by atoms with Gasteiger partial charge in [-0.3, -0.25) is 4.72 Å². The molecule has 3 heteroatoms. The van der Waals surface area contributed by atoms with Gasteiger partial charge in [-0.25, -0.2) is 0 Å². The Bertz CT molecular complexity index is 53.7. The molecule has 1 heterocycles. The van der Waals surface area contributed by atoms with Crippen LogP contribution in [-0.4, -0.2) is 10.7 Å². The number of rotatable bonds is 0. The van der Waals surface area contributed by atoms with Crippen LogP contribution in [-0.2, 0) is 0 Å². The van der Waals surface area contributed by atoms with Crippen molar-refractivity contribution in [1.29, 1.82) is 0 Å². The maximum Gasteiger partial charge on any atom is 0.0724 e. The van der Waals surface area contributed by atoms with Gasteiger partial charge in [-0.1, -0.05) is 27.9 Å². The van der Waals surface area contributed by atoms with E-state index in [1.165, 1.54) is 18.6 Å². The Labute approximate surface area is 56.5 Å². The van der Waals surface area contributed by atoms with Gasteiger partial charge in [-0.05, 0) is 12.8 Å². The van der Waals surface area contributed by atoms with Crippen LogP contribution in [0.25, 0.3) is 0 Å². The third kappa shape index (κ3) is 2.02. The largest absolute Gasteiger partial charge is 0.251 e. The van der Waals surface area contributed by atoms with E-state index in [2.05, 4.69) is 20.7 Å². The quantitative estimate of drug-likeness (QED) is 0.348. The Morgan fingerprint density at radius 2 is 2.57 bits per heavy atom. The Morgan fingerprint density at radius 3 is 2.86 bits per heavy atom. The minimum absolute atomic E-state index is 0.561. The van der Waals surface area contributed by atoms with Crippen LogP contribution in [0.4, 0.5) is 0 Å². The molecule has 42 valence electrons. The van der Waals surface area contributed by atoms with Gasteiger partial charge in [0.05, 0.1) is 4.95 Å². The Balaban J connectivity index is 2.12. The monoisotopic (exact) mass is 181 g/mol. The number of alkyl halides is 1. The molecule has 0 aromatic heterocycles. The molecule has 1 fully saturated rings. The summed E-state index contributed by atoms with van der Waals surface area (Å²) in [5, 5.41) is 0. The fourth-order valence-corrected chi connectivity index (χ4v) is 1.99. The average molecular weight is 182 g/mol. The molecular weight excluding hydrogens is 174 g/mol. The van der Waals surface area contributed by atoms with Crippen molar-refractivity contribution in [3.05, 3.63) is 0 Å². The molecule has 0 aromatic rings. The van der Waals surface area contributed by atoms with Crippen molar-refractivity contribution in [2.75, 3.05) is 5.75 Å². The van der Waals surface area contributed by atoms with Crippen molar-refractivity contribution in [3.63, 3.8) is 0 Å². The van der Waals surface area contributed by atoms with Crippen molar-refractivity contribution in [1.82, 2.24) is 4.72 Å². The predicted molar refractivity (Wildman–Crippen MR) is 37.5 cm³/mol. The standard InChI is InChI=1S/C4H8BrNS/c5-4-2-1-3-7-6-4/h4,6H,1-3H2. The molecule has 1 aliphatic heterocycles. The van der Waals surface area contributed by atoms with Crippen LogP contribution in [0.3, 0.4) is 0 Å². The maximum absolute atomic E-state index is 3.46. The van der Waals surface area contributed by atoms with Gasteiger partial charge in [0, 0.05) is 5.75 Å². The van der Waals surface area contributed by atoms with E-state index in [0.717, 1.165) is 0 Å². The second-order valence-electron chi connectivity index (χ2n) is 1.58. The van der Waals surface area contributed by atoms with Gasteiger partial charge in [0.1, 0.15) is 0 Å². The van der Waals surface area contributed by atoms with Crippen molar-refractivity contribution in [2.45, 2.75) is 17.8 Å². The van der Waals surface area contributed by atoms with Crippen molar-refractivity contribution in [3.8, 4) is 0 Å². The van der Waals surface area contributed by atoms with Gasteiger partial charge in [-0.15, -0.1) is 0 Å². The lowest BCUT2D eigenvalue weighted by molar-refractivity contribution is 0.720. The summed E-state index contributed by atoms with van der Waals surface area (Å²) in [6, 6.07) is 0. The van der Waals surface area contributed by atoms with Gasteiger partial charge < -0.3 is 0 Å². The highest BCUT2D eigenvalue weighted by molar-refractivity contribution is 9.09. The lowest BCUT2D eigenvalue weighted by Crippen LogP contribution is -2.20. The van der Waals surface area contributed by atoms with E-state index in [1.54, 1.807) is 11.9 Å². The summed E-state index contributed by atoms with van der Waals surface area (Å²) in [5.74, 6) is 1.27. The highest BCUT2D eigenvalue weighted by atomic mass is 79.9. The van der Waals surface area contributed by atoms with Crippen LogP contribution < -0.4 is 4.72 Å². The first-order valence-corrected chi connectivity index (χ1v) is 4.31. The zero-order valence-electron chi connectivity index (χ0n) is 3.98. The summed E-state index contributed by atoms with van der Waals surface area (Å²) in [4.78, 5) is 0.561. The van der Waals surface area contributed by atoms with Gasteiger partial charge in [0.2, 0.25) is 0 Å². The van der Waals surface area contributed by atoms with Crippen molar-refractivity contribution in [2.24, 2.45) is 0 Å². The molecule has 0 spiro atoms. The van der Waals surface area contributed by atoms with E-state index >= 15 is 0 Å². The second-order valence-corrected chi connectivity index (χ2v) is 3.61. The van der Waals surface area contributed by atoms with E-state index in [9.17, 15) is 0 Å². The molecule has 1 aliphatic rings. The van der Waals surface area contributed by atoms with E-state index in [0.29, 0.717) is 4.95 Å². The summed E-state index contributed by atoms with van der Waals surface area (Å²) in [6.45, 7) is 0. The van der Waals surface area contributed by atoms with E-state index < -0.39 is 0 Å². The van der Waals surface area contributed by atoms with Crippen LogP contribution in [0.2, 0.25) is 0 Å². The van der Waals surface area contributed by atoms with Crippen LogP contribution >= 0.6 is 27.9 Å². The van der Waals surface area contributed by atoms with Crippen LogP contribution in [0.15, 0.2) is 0 Å². The highest BCUT2D eigenvalue weighted by Crippen LogP contribution is 2.16. The lowest BCUT2D eigenvalue weighted by atomic mass is 10.3. The third-order valence-corrected chi connectivity index (χ3v) is 2.85. The molecular formula is C4H8BrNS. The van der Waals surface area contributed by atoms with Gasteiger partial charge in [-0.2, -0.15) is 0 Å². The van der Waals surface area contributed by atoms with E-state index in [-0.39, 0.29) is 0 Å². The van der Waals surface area contributed by atoms with Crippen LogP contribution in [0.1, 0.15) is 12.8 Å². The number of hydrogen-bond acceptors (Lipinski definition) is 2. The number of hydrogen-bond donors (Lipinski definition) is 1. The summed E-state index contributed by atoms with van der Waals surface area (Å²) in [6.07, 6.45) is 2.61. The number of nitrogens with one attached hydrogen (secondary N) is 1. The molecule has 7 heavy (non-hydrogen) atoms. The topological polar surface area (TPSA) is 12.0 Å². The van der Waals surface area contributed by atoms with E-state index in [1.807, 2.05) is 0 Å². The molecule has 1 nitrogen and oxygen atoms in total. The van der Waals surface area contributed by atoms with Gasteiger partial charge in [0.15, 0.2) is 0 Å². The predicted octanol–water partition coefficient (Wildman–Crippen LogP) is 1.74. The summed E-state index contributed by atoms with van der Waals surface area (Å²) >= 11 is 5.26. The van der Waals surface area contributed by atoms with Gasteiger partial charge >= 0.3 is 0 Å². The molecule has 0 aliphatic carbocycles. The fraction of sp³-hybridized carbons (Fsp3) is 1.00. The first-order chi connectivity index (χ1) is 3.39. The Hall–Kier alpha value is 0.790. The first-order valence-electron chi connectivity index (χ1n) is 2.41. The maximum atomic E-state index is 3.46. The smallest absolute Gasteiger partial charge is 0.0724 e. The zero-order chi connectivity index (χ0) is 5.11. The molecule has 0 bridgehead atoms. The Morgan fingerprint density at radius 1 is 1.71 bits per heavy atom. The third-order valence-electron chi connectivity index (χ3n) is 0.915. The molecule has 1 unspecified atom stereocenters. The Kier molecular flexibility index (Phi) is 2.49. The number of halogens is 1. The fourth-order valence-electron chi connectivity index (χ4n) is 0.543. The molecule has 0 saturated carbocycles. The average Bonchev–Trinajstić information content (AvgIpc) is 1.69. The molecule has 0 aromatic carbocycles. The lowest BCUT2D eigenvalue weighted by Gasteiger charge is -2.15.